The van der Waals surface area contributed by atoms with Crippen molar-refractivity contribution in [2.45, 2.75) is 57.2 Å². The molecule has 8 nitrogen and oxygen atoms in total. The van der Waals surface area contributed by atoms with Crippen molar-refractivity contribution < 1.29 is 37.4 Å². The third kappa shape index (κ3) is 6.25. The molecule has 2 heterocycles. The zero-order chi connectivity index (χ0) is 28.3. The van der Waals surface area contributed by atoms with Gasteiger partial charge in [0.25, 0.3) is 0 Å². The summed E-state index contributed by atoms with van der Waals surface area (Å²) in [7, 11) is 0. The van der Waals surface area contributed by atoms with Crippen molar-refractivity contribution >= 4 is 23.4 Å². The lowest BCUT2D eigenvalue weighted by Crippen LogP contribution is -2.62. The first-order valence-corrected chi connectivity index (χ1v) is 12.7. The van der Waals surface area contributed by atoms with E-state index in [-0.39, 0.29) is 36.8 Å². The number of primary amides is 1. The lowest BCUT2D eigenvalue weighted by atomic mass is 9.82. The molecule has 2 bridgehead atoms. The SMILES string of the molecule is CC(Cc1ccc(C2=C(C(=O)O)[C@H]3CNCC(C2)N3C(=O)CCCC(N)=O)cc1)Oc1c(F)ccc(F)c1F. The van der Waals surface area contributed by atoms with Crippen LogP contribution in [-0.2, 0) is 20.8 Å². The van der Waals surface area contributed by atoms with Crippen molar-refractivity contribution in [1.82, 2.24) is 10.2 Å². The van der Waals surface area contributed by atoms with E-state index in [1.54, 1.807) is 36.1 Å². The number of hydrogen-bond acceptors (Lipinski definition) is 5. The number of carboxylic acid groups (broad SMARTS) is 1. The first kappa shape index (κ1) is 28.2. The summed E-state index contributed by atoms with van der Waals surface area (Å²) >= 11 is 0. The second-order valence-corrected chi connectivity index (χ2v) is 9.85. The van der Waals surface area contributed by atoms with Gasteiger partial charge in [0.2, 0.25) is 17.6 Å². The Kier molecular flexibility index (Phi) is 8.59. The van der Waals surface area contributed by atoms with Crippen LogP contribution in [0.5, 0.6) is 5.75 Å². The van der Waals surface area contributed by atoms with Gasteiger partial charge in [-0.3, -0.25) is 9.59 Å². The maximum Gasteiger partial charge on any atom is 0.334 e. The molecule has 3 atom stereocenters. The van der Waals surface area contributed by atoms with Crippen LogP contribution in [0.4, 0.5) is 13.2 Å². The van der Waals surface area contributed by atoms with Crippen molar-refractivity contribution in [3.05, 3.63) is 70.5 Å². The Morgan fingerprint density at radius 1 is 1.08 bits per heavy atom. The summed E-state index contributed by atoms with van der Waals surface area (Å²) in [5, 5.41) is 13.3. The van der Waals surface area contributed by atoms with E-state index in [0.29, 0.717) is 43.1 Å². The zero-order valence-electron chi connectivity index (χ0n) is 21.4. The number of ether oxygens (including phenoxy) is 1. The fourth-order valence-electron chi connectivity index (χ4n) is 5.29. The van der Waals surface area contributed by atoms with Crippen LogP contribution in [0.15, 0.2) is 42.0 Å². The van der Waals surface area contributed by atoms with Gasteiger partial charge in [-0.2, -0.15) is 4.39 Å². The van der Waals surface area contributed by atoms with Gasteiger partial charge in [0.05, 0.1) is 11.6 Å². The van der Waals surface area contributed by atoms with E-state index in [4.69, 9.17) is 10.5 Å². The molecule has 2 unspecified atom stereocenters. The number of benzene rings is 2. The van der Waals surface area contributed by atoms with E-state index >= 15 is 0 Å². The molecule has 39 heavy (non-hydrogen) atoms. The Hall–Kier alpha value is -3.86. The quantitative estimate of drug-likeness (QED) is 0.395. The number of aliphatic carboxylic acids is 1. The Balaban J connectivity index is 1.52. The van der Waals surface area contributed by atoms with Crippen molar-refractivity contribution in [3.8, 4) is 5.75 Å². The number of nitrogens with two attached hydrogens (primary N) is 1. The summed E-state index contributed by atoms with van der Waals surface area (Å²) in [6, 6.07) is 7.69. The predicted molar refractivity (Wildman–Crippen MR) is 136 cm³/mol. The molecule has 0 aliphatic carbocycles. The molecule has 4 rings (SSSR count). The number of nitrogens with zero attached hydrogens (tertiary/aromatic N) is 1. The zero-order valence-corrected chi connectivity index (χ0v) is 21.4. The maximum atomic E-state index is 13.9. The highest BCUT2D eigenvalue weighted by molar-refractivity contribution is 6.00. The van der Waals surface area contributed by atoms with Gasteiger partial charge in [-0.05, 0) is 48.6 Å². The molecule has 2 aromatic carbocycles. The minimum absolute atomic E-state index is 0.0855. The molecule has 2 aliphatic rings. The van der Waals surface area contributed by atoms with Crippen LogP contribution in [0.2, 0.25) is 0 Å². The number of carbonyl (C=O) groups is 3. The van der Waals surface area contributed by atoms with Crippen molar-refractivity contribution in [2.24, 2.45) is 5.73 Å². The Morgan fingerprint density at radius 2 is 1.77 bits per heavy atom. The minimum Gasteiger partial charge on any atom is -0.484 e. The molecular weight excluding hydrogens is 515 g/mol. The van der Waals surface area contributed by atoms with Gasteiger partial charge >= 0.3 is 5.97 Å². The summed E-state index contributed by atoms with van der Waals surface area (Å²) in [6.07, 6.45) is 0.425. The topological polar surface area (TPSA) is 122 Å². The monoisotopic (exact) mass is 545 g/mol. The maximum absolute atomic E-state index is 13.9. The largest absolute Gasteiger partial charge is 0.484 e. The molecule has 2 aromatic rings. The second kappa shape index (κ2) is 11.9. The van der Waals surface area contributed by atoms with E-state index in [9.17, 15) is 32.7 Å². The van der Waals surface area contributed by atoms with Gasteiger partial charge in [-0.15, -0.1) is 0 Å². The van der Waals surface area contributed by atoms with Crippen molar-refractivity contribution in [3.63, 3.8) is 0 Å². The summed E-state index contributed by atoms with van der Waals surface area (Å²) in [4.78, 5) is 38.1. The number of nitrogens with one attached hydrogen (secondary N) is 1. The normalized spacial score (nSPS) is 19.5. The molecule has 2 amide bonds. The van der Waals surface area contributed by atoms with Gasteiger partial charge in [0, 0.05) is 38.4 Å². The number of amides is 2. The third-order valence-electron chi connectivity index (χ3n) is 7.02. The van der Waals surface area contributed by atoms with Crippen LogP contribution in [0.25, 0.3) is 5.57 Å². The van der Waals surface area contributed by atoms with Gasteiger partial charge in [-0.25, -0.2) is 13.6 Å². The van der Waals surface area contributed by atoms with Crippen LogP contribution >= 0.6 is 0 Å². The molecule has 1 saturated heterocycles. The van der Waals surface area contributed by atoms with Crippen LogP contribution in [-0.4, -0.2) is 59.1 Å². The molecule has 0 spiro atoms. The van der Waals surface area contributed by atoms with Gasteiger partial charge in [0.1, 0.15) is 6.10 Å². The highest BCUT2D eigenvalue weighted by atomic mass is 19.2. The number of rotatable bonds is 10. The minimum atomic E-state index is -1.39. The standard InChI is InChI=1S/C28H30F3N3O5/c1-15(39-27-21(30)10-9-20(29)26(27)31)11-16-5-7-17(8-6-16)19-12-18-13-33-14-22(25(19)28(37)38)34(18)24(36)4-2-3-23(32)35/h5-10,15,18,22,33H,2-4,11-14H2,1H3,(H2,32,35)(H,37,38)/t15?,18?,22-/m1/s1. The van der Waals surface area contributed by atoms with E-state index in [1.165, 1.54) is 0 Å². The van der Waals surface area contributed by atoms with E-state index in [0.717, 1.165) is 11.6 Å². The molecule has 0 aromatic heterocycles. The highest BCUT2D eigenvalue weighted by Crippen LogP contribution is 2.37. The van der Waals surface area contributed by atoms with Crippen LogP contribution in [0.1, 0.15) is 43.7 Å². The predicted octanol–water partition coefficient (Wildman–Crippen LogP) is 3.18. The van der Waals surface area contributed by atoms with Gasteiger partial charge in [-0.1, -0.05) is 24.3 Å². The number of fused-ring (bicyclic) bond motifs is 2. The highest BCUT2D eigenvalue weighted by Gasteiger charge is 2.43. The van der Waals surface area contributed by atoms with Crippen molar-refractivity contribution in [1.29, 1.82) is 0 Å². The molecule has 0 radical (unpaired) electrons. The number of piperazine rings is 1. The van der Waals surface area contributed by atoms with E-state index in [1.807, 2.05) is 0 Å². The van der Waals surface area contributed by atoms with E-state index in [2.05, 4.69) is 5.32 Å². The number of carbonyl (C=O) groups excluding carboxylic acids is 2. The van der Waals surface area contributed by atoms with E-state index < -0.39 is 47.2 Å². The Bertz CT molecular complexity index is 1300. The molecule has 4 N–H and O–H groups in total. The first-order valence-electron chi connectivity index (χ1n) is 12.7. The van der Waals surface area contributed by atoms with Gasteiger partial charge < -0.3 is 25.8 Å². The van der Waals surface area contributed by atoms with Crippen LogP contribution < -0.4 is 15.8 Å². The summed E-state index contributed by atoms with van der Waals surface area (Å²) in [5.41, 5.74) is 7.42. The van der Waals surface area contributed by atoms with Crippen LogP contribution in [0, 0.1) is 17.5 Å². The Morgan fingerprint density at radius 3 is 2.44 bits per heavy atom. The molecule has 208 valence electrons. The summed E-state index contributed by atoms with van der Waals surface area (Å²) in [5.74, 6) is -6.17. The molecule has 11 heteroatoms. The fraction of sp³-hybridized carbons (Fsp3) is 0.393. The Labute approximate surface area is 223 Å². The molecule has 1 fully saturated rings. The van der Waals surface area contributed by atoms with Crippen LogP contribution in [0.3, 0.4) is 0 Å². The lowest BCUT2D eigenvalue weighted by molar-refractivity contribution is -0.139. The third-order valence-corrected chi connectivity index (χ3v) is 7.02. The summed E-state index contributed by atoms with van der Waals surface area (Å²) in [6.45, 7) is 2.41. The fourth-order valence-corrected chi connectivity index (χ4v) is 5.29. The van der Waals surface area contributed by atoms with Gasteiger partial charge in [0.15, 0.2) is 17.4 Å². The number of hydrogen-bond donors (Lipinski definition) is 3. The average molecular weight is 546 g/mol. The summed E-state index contributed by atoms with van der Waals surface area (Å²) < 4.78 is 46.7. The lowest BCUT2D eigenvalue weighted by Gasteiger charge is -2.47. The average Bonchev–Trinajstić information content (AvgIpc) is 2.88. The smallest absolute Gasteiger partial charge is 0.334 e. The number of carboxylic acids is 1. The molecule has 0 saturated carbocycles. The second-order valence-electron chi connectivity index (χ2n) is 9.85. The van der Waals surface area contributed by atoms with Crippen molar-refractivity contribution in [2.75, 3.05) is 13.1 Å². The molecule has 2 aliphatic heterocycles. The first-order chi connectivity index (χ1) is 18.6. The number of halogens is 3. The molecular formula is C28H30F3N3O5.